The third-order valence-electron chi connectivity index (χ3n) is 5.35. The Labute approximate surface area is 204 Å². The van der Waals surface area contributed by atoms with Gasteiger partial charge >= 0.3 is 0 Å². The molecule has 4 rings (SSSR count). The minimum absolute atomic E-state index is 0.0848. The number of carbonyl (C=O) groups is 1. The topological polar surface area (TPSA) is 69.0 Å². The molecule has 3 aromatic carbocycles. The van der Waals surface area contributed by atoms with Crippen molar-refractivity contribution in [3.05, 3.63) is 95.8 Å². The van der Waals surface area contributed by atoms with E-state index in [4.69, 9.17) is 4.74 Å². The maximum atomic E-state index is 12.7. The highest BCUT2D eigenvalue weighted by Crippen LogP contribution is 2.26. The number of carbonyl (C=O) groups excluding carboxylic acids is 1. The van der Waals surface area contributed by atoms with Gasteiger partial charge in [0.25, 0.3) is 0 Å². The summed E-state index contributed by atoms with van der Waals surface area (Å²) in [6.45, 7) is 6.50. The number of ether oxygens (including phenoxy) is 1. The summed E-state index contributed by atoms with van der Waals surface area (Å²) in [5.74, 6) is 1.93. The second-order valence-corrected chi connectivity index (χ2v) is 9.15. The fraction of sp³-hybridized carbons (Fsp3) is 0.222. The van der Waals surface area contributed by atoms with E-state index in [9.17, 15) is 4.79 Å². The van der Waals surface area contributed by atoms with Gasteiger partial charge in [-0.3, -0.25) is 9.36 Å². The van der Waals surface area contributed by atoms with E-state index in [2.05, 4.69) is 29.4 Å². The standard InChI is InChI=1S/C27H28N4O2S/c1-19(2)22-14-8-9-15-23(22)28-26(32)18-34-27-30-29-25(31(27)21-12-5-4-6-13-21)17-33-24-16-10-7-11-20(24)3/h4-16,19H,17-18H2,1-3H3,(H,28,32). The maximum Gasteiger partial charge on any atom is 0.234 e. The molecule has 1 aromatic heterocycles. The van der Waals surface area contributed by atoms with Crippen molar-refractivity contribution in [2.45, 2.75) is 38.5 Å². The van der Waals surface area contributed by atoms with E-state index in [1.165, 1.54) is 11.8 Å². The summed E-state index contributed by atoms with van der Waals surface area (Å²) in [7, 11) is 0. The Morgan fingerprint density at radius 1 is 0.971 bits per heavy atom. The number of nitrogens with one attached hydrogen (secondary N) is 1. The zero-order valence-electron chi connectivity index (χ0n) is 19.6. The number of thioether (sulfide) groups is 1. The molecular formula is C27H28N4O2S. The Hall–Kier alpha value is -3.58. The Morgan fingerprint density at radius 2 is 1.68 bits per heavy atom. The molecule has 1 heterocycles. The number of aryl methyl sites for hydroxylation is 1. The largest absolute Gasteiger partial charge is 0.485 e. The molecule has 0 radical (unpaired) electrons. The summed E-state index contributed by atoms with van der Waals surface area (Å²) in [6, 6.07) is 25.6. The van der Waals surface area contributed by atoms with Gasteiger partial charge in [0.15, 0.2) is 11.0 Å². The fourth-order valence-electron chi connectivity index (χ4n) is 3.62. The second kappa shape index (κ2) is 11.0. The van der Waals surface area contributed by atoms with Crippen LogP contribution in [0.4, 0.5) is 5.69 Å². The quantitative estimate of drug-likeness (QED) is 0.302. The first-order valence-corrected chi connectivity index (χ1v) is 12.2. The van der Waals surface area contributed by atoms with Gasteiger partial charge in [-0.25, -0.2) is 0 Å². The van der Waals surface area contributed by atoms with Gasteiger partial charge < -0.3 is 10.1 Å². The molecular weight excluding hydrogens is 444 g/mol. The molecule has 0 saturated carbocycles. The number of anilines is 1. The molecule has 1 N–H and O–H groups in total. The van der Waals surface area contributed by atoms with Crippen molar-refractivity contribution in [3.63, 3.8) is 0 Å². The Bertz CT molecular complexity index is 1250. The lowest BCUT2D eigenvalue weighted by Gasteiger charge is -2.14. The van der Waals surface area contributed by atoms with E-state index < -0.39 is 0 Å². The average molecular weight is 473 g/mol. The third kappa shape index (κ3) is 5.66. The molecule has 0 aliphatic heterocycles. The molecule has 0 saturated heterocycles. The highest BCUT2D eigenvalue weighted by atomic mass is 32.2. The number of benzene rings is 3. The van der Waals surface area contributed by atoms with Crippen molar-refractivity contribution in [1.29, 1.82) is 0 Å². The lowest BCUT2D eigenvalue weighted by molar-refractivity contribution is -0.113. The molecule has 0 aliphatic carbocycles. The SMILES string of the molecule is Cc1ccccc1OCc1nnc(SCC(=O)Nc2ccccc2C(C)C)n1-c1ccccc1. The fourth-order valence-corrected chi connectivity index (χ4v) is 4.39. The number of para-hydroxylation sites is 3. The Balaban J connectivity index is 1.50. The van der Waals surface area contributed by atoms with Crippen molar-refractivity contribution in [2.75, 3.05) is 11.1 Å². The first-order chi connectivity index (χ1) is 16.5. The number of rotatable bonds is 9. The van der Waals surface area contributed by atoms with Crippen LogP contribution in [0.15, 0.2) is 84.0 Å². The van der Waals surface area contributed by atoms with Crippen LogP contribution in [-0.4, -0.2) is 26.4 Å². The molecule has 1 amide bonds. The van der Waals surface area contributed by atoms with Gasteiger partial charge in [-0.15, -0.1) is 10.2 Å². The predicted molar refractivity (Wildman–Crippen MR) is 137 cm³/mol. The van der Waals surface area contributed by atoms with Crippen LogP contribution in [0.5, 0.6) is 5.75 Å². The van der Waals surface area contributed by atoms with Gasteiger partial charge in [-0.1, -0.05) is 80.2 Å². The van der Waals surface area contributed by atoms with Gasteiger partial charge in [0, 0.05) is 11.4 Å². The summed E-state index contributed by atoms with van der Waals surface area (Å²) in [5, 5.41) is 12.4. The number of nitrogens with zero attached hydrogens (tertiary/aromatic N) is 3. The van der Waals surface area contributed by atoms with Crippen molar-refractivity contribution < 1.29 is 9.53 Å². The minimum atomic E-state index is -0.0848. The normalized spacial score (nSPS) is 10.9. The van der Waals surface area contributed by atoms with Crippen LogP contribution in [0.1, 0.15) is 36.7 Å². The zero-order valence-corrected chi connectivity index (χ0v) is 20.4. The number of hydrogen-bond acceptors (Lipinski definition) is 5. The van der Waals surface area contributed by atoms with E-state index in [1.54, 1.807) is 0 Å². The predicted octanol–water partition coefficient (Wildman–Crippen LogP) is 6.01. The molecule has 0 spiro atoms. The van der Waals surface area contributed by atoms with Crippen LogP contribution in [0.2, 0.25) is 0 Å². The van der Waals surface area contributed by atoms with Crippen molar-refractivity contribution >= 4 is 23.4 Å². The Morgan fingerprint density at radius 3 is 2.44 bits per heavy atom. The molecule has 0 unspecified atom stereocenters. The molecule has 7 heteroatoms. The van der Waals surface area contributed by atoms with Gasteiger partial charge in [-0.05, 0) is 48.2 Å². The number of hydrogen-bond donors (Lipinski definition) is 1. The summed E-state index contributed by atoms with van der Waals surface area (Å²) in [6.07, 6.45) is 0. The van der Waals surface area contributed by atoms with E-state index >= 15 is 0 Å². The van der Waals surface area contributed by atoms with Crippen molar-refractivity contribution in [3.8, 4) is 11.4 Å². The van der Waals surface area contributed by atoms with E-state index in [-0.39, 0.29) is 18.3 Å². The van der Waals surface area contributed by atoms with Crippen LogP contribution in [0.3, 0.4) is 0 Å². The van der Waals surface area contributed by atoms with Crippen molar-refractivity contribution in [1.82, 2.24) is 14.8 Å². The van der Waals surface area contributed by atoms with Crippen LogP contribution in [0.25, 0.3) is 5.69 Å². The molecule has 0 atom stereocenters. The molecule has 4 aromatic rings. The summed E-state index contributed by atoms with van der Waals surface area (Å²) < 4.78 is 7.97. The Kier molecular flexibility index (Phi) is 7.65. The molecule has 174 valence electrons. The molecule has 0 aliphatic rings. The van der Waals surface area contributed by atoms with Crippen molar-refractivity contribution in [2.24, 2.45) is 0 Å². The molecule has 34 heavy (non-hydrogen) atoms. The first kappa shape index (κ1) is 23.6. The molecule has 0 fully saturated rings. The van der Waals surface area contributed by atoms with Gasteiger partial charge in [0.1, 0.15) is 12.4 Å². The molecule has 6 nitrogen and oxygen atoms in total. The molecule has 0 bridgehead atoms. The van der Waals surface area contributed by atoms with E-state index in [0.717, 1.165) is 28.3 Å². The van der Waals surface area contributed by atoms with Gasteiger partial charge in [0.05, 0.1) is 5.75 Å². The zero-order chi connectivity index (χ0) is 23.9. The third-order valence-corrected chi connectivity index (χ3v) is 6.28. The monoisotopic (exact) mass is 472 g/mol. The summed E-state index contributed by atoms with van der Waals surface area (Å²) in [5.41, 5.74) is 3.94. The average Bonchev–Trinajstić information content (AvgIpc) is 3.26. The van der Waals surface area contributed by atoms with Crippen LogP contribution >= 0.6 is 11.8 Å². The first-order valence-electron chi connectivity index (χ1n) is 11.2. The second-order valence-electron chi connectivity index (χ2n) is 8.20. The minimum Gasteiger partial charge on any atom is -0.485 e. The van der Waals surface area contributed by atoms with Crippen LogP contribution < -0.4 is 10.1 Å². The van der Waals surface area contributed by atoms with E-state index in [0.29, 0.717) is 16.9 Å². The lowest BCUT2D eigenvalue weighted by atomic mass is 10.0. The van der Waals surface area contributed by atoms with Gasteiger partial charge in [-0.2, -0.15) is 0 Å². The van der Waals surface area contributed by atoms with Crippen LogP contribution in [-0.2, 0) is 11.4 Å². The lowest BCUT2D eigenvalue weighted by Crippen LogP contribution is -2.16. The smallest absolute Gasteiger partial charge is 0.234 e. The number of amides is 1. The van der Waals surface area contributed by atoms with Gasteiger partial charge in [0.2, 0.25) is 5.91 Å². The van der Waals surface area contributed by atoms with E-state index in [1.807, 2.05) is 90.4 Å². The summed E-state index contributed by atoms with van der Waals surface area (Å²) in [4.78, 5) is 12.7. The highest BCUT2D eigenvalue weighted by molar-refractivity contribution is 7.99. The summed E-state index contributed by atoms with van der Waals surface area (Å²) >= 11 is 1.35. The number of aromatic nitrogens is 3. The highest BCUT2D eigenvalue weighted by Gasteiger charge is 2.17. The maximum absolute atomic E-state index is 12.7. The van der Waals surface area contributed by atoms with Crippen LogP contribution in [0, 0.1) is 6.92 Å².